The number of H-pyrrole nitrogens is 1. The average molecular weight is 584 g/mol. The maximum absolute atomic E-state index is 13.0. The lowest BCUT2D eigenvalue weighted by Gasteiger charge is -2.34. The summed E-state index contributed by atoms with van der Waals surface area (Å²) in [6.45, 7) is 5.77. The number of aromatic nitrogens is 2. The van der Waals surface area contributed by atoms with E-state index >= 15 is 0 Å². The summed E-state index contributed by atoms with van der Waals surface area (Å²) in [7, 11) is 0. The highest BCUT2D eigenvalue weighted by molar-refractivity contribution is 5.98. The fourth-order valence-electron chi connectivity index (χ4n) is 4.42. The van der Waals surface area contributed by atoms with Crippen LogP contribution in [0.1, 0.15) is 62.7 Å². The Kier molecular flexibility index (Phi) is 12.1. The van der Waals surface area contributed by atoms with Crippen LogP contribution < -0.4 is 42.8 Å². The molecule has 0 saturated heterocycles. The number of nitrogens with two attached hydrogens (primary N) is 1. The van der Waals surface area contributed by atoms with E-state index in [-0.39, 0.29) is 42.1 Å². The lowest BCUT2D eigenvalue weighted by molar-refractivity contribution is -0.124. The van der Waals surface area contributed by atoms with Gasteiger partial charge in [0, 0.05) is 43.9 Å². The number of amides is 4. The largest absolute Gasteiger partial charge is 0.383 e. The number of nitrogens with zero attached hydrogens (tertiary/aromatic N) is 2. The number of unbranched alkanes of at least 4 members (excludes halogenated alkanes) is 2. The number of hydrogen-bond acceptors (Lipinski definition) is 9. The van der Waals surface area contributed by atoms with Gasteiger partial charge in [-0.15, -0.1) is 0 Å². The van der Waals surface area contributed by atoms with E-state index in [1.165, 1.54) is 4.90 Å². The number of nitrogen functional groups attached to an aromatic ring is 1. The molecule has 228 valence electrons. The first-order valence-corrected chi connectivity index (χ1v) is 14.3. The van der Waals surface area contributed by atoms with E-state index in [0.29, 0.717) is 43.8 Å². The number of rotatable bonds is 16. The molecule has 42 heavy (non-hydrogen) atoms. The number of carbonyl (C=O) groups excluding carboxylic acids is 4. The molecule has 1 unspecified atom stereocenters. The van der Waals surface area contributed by atoms with Crippen LogP contribution in [0.4, 0.5) is 23.1 Å². The van der Waals surface area contributed by atoms with Gasteiger partial charge < -0.3 is 37.2 Å². The Morgan fingerprint density at radius 2 is 1.81 bits per heavy atom. The molecule has 8 N–H and O–H groups in total. The van der Waals surface area contributed by atoms with Crippen molar-refractivity contribution in [2.45, 2.75) is 64.5 Å². The second kappa shape index (κ2) is 16.0. The third kappa shape index (κ3) is 8.94. The average Bonchev–Trinajstić information content (AvgIpc) is 2.98. The van der Waals surface area contributed by atoms with Gasteiger partial charge in [0.1, 0.15) is 6.04 Å². The van der Waals surface area contributed by atoms with E-state index in [1.807, 2.05) is 13.8 Å². The third-order valence-corrected chi connectivity index (χ3v) is 6.84. The van der Waals surface area contributed by atoms with Crippen LogP contribution in [0.5, 0.6) is 0 Å². The first kappa shape index (κ1) is 31.9. The molecule has 2 atom stereocenters. The van der Waals surface area contributed by atoms with E-state index in [9.17, 15) is 24.0 Å². The number of aromatic amines is 1. The van der Waals surface area contributed by atoms with Crippen molar-refractivity contribution < 1.29 is 19.2 Å². The zero-order valence-corrected chi connectivity index (χ0v) is 24.1. The molecular weight excluding hydrogens is 542 g/mol. The van der Waals surface area contributed by atoms with Gasteiger partial charge in [-0.3, -0.25) is 29.0 Å². The molecule has 14 nitrogen and oxygen atoms in total. The minimum absolute atomic E-state index is 0.0471. The Morgan fingerprint density at radius 3 is 2.48 bits per heavy atom. The molecule has 14 heteroatoms. The van der Waals surface area contributed by atoms with Gasteiger partial charge in [0.05, 0.1) is 6.04 Å². The van der Waals surface area contributed by atoms with Gasteiger partial charge in [-0.1, -0.05) is 26.7 Å². The molecular formula is C28H41N9O5. The van der Waals surface area contributed by atoms with Gasteiger partial charge >= 0.3 is 0 Å². The van der Waals surface area contributed by atoms with Crippen molar-refractivity contribution >= 4 is 47.3 Å². The molecule has 2 heterocycles. The molecule has 0 bridgehead atoms. The zero-order chi connectivity index (χ0) is 30.5. The number of fused-ring (bicyclic) bond motifs is 1. The van der Waals surface area contributed by atoms with Crippen LogP contribution in [0, 0.1) is 0 Å². The standard InChI is InChI=1S/C28H41N9O5/c1-3-5-13-30-22(39)12-11-21(26(41)31-14-6-4-2)34-25(40)18-7-9-19(10-8-18)32-15-20-16-33-24-23(37(20)17-38)27(42)36-28(29)35-24/h7-10,17,20-21,32H,3-6,11-16H2,1-2H3,(H,30,39)(H,31,41)(H,34,40)(H4,29,33,35,36,42)/t20?,21-/m0/s1. The first-order valence-electron chi connectivity index (χ1n) is 14.3. The highest BCUT2D eigenvalue weighted by Crippen LogP contribution is 2.25. The van der Waals surface area contributed by atoms with Crippen LogP contribution in [0.3, 0.4) is 0 Å². The van der Waals surface area contributed by atoms with Crippen LogP contribution in [-0.4, -0.2) is 72.4 Å². The molecule has 1 aromatic carbocycles. The Labute approximate surface area is 244 Å². The number of nitrogens with one attached hydrogen (secondary N) is 6. The van der Waals surface area contributed by atoms with Gasteiger partial charge in [0.25, 0.3) is 11.5 Å². The smallest absolute Gasteiger partial charge is 0.278 e. The predicted octanol–water partition coefficient (Wildman–Crippen LogP) is 0.932. The molecule has 0 aliphatic carbocycles. The number of benzene rings is 1. The van der Waals surface area contributed by atoms with E-state index in [1.54, 1.807) is 24.3 Å². The van der Waals surface area contributed by atoms with Crippen LogP contribution in [0.25, 0.3) is 0 Å². The summed E-state index contributed by atoms with van der Waals surface area (Å²) in [5.41, 5.74) is 6.20. The molecule has 3 rings (SSSR count). The summed E-state index contributed by atoms with van der Waals surface area (Å²) in [4.78, 5) is 69.9. The maximum atomic E-state index is 13.0. The minimum Gasteiger partial charge on any atom is -0.383 e. The lowest BCUT2D eigenvalue weighted by Crippen LogP contribution is -2.50. The van der Waals surface area contributed by atoms with Crippen molar-refractivity contribution in [3.05, 3.63) is 40.2 Å². The zero-order valence-electron chi connectivity index (χ0n) is 24.1. The van der Waals surface area contributed by atoms with E-state index in [2.05, 4.69) is 36.6 Å². The van der Waals surface area contributed by atoms with Gasteiger partial charge in [0.2, 0.25) is 24.2 Å². The maximum Gasteiger partial charge on any atom is 0.278 e. The first-order chi connectivity index (χ1) is 20.3. The van der Waals surface area contributed by atoms with Crippen LogP contribution in [0.2, 0.25) is 0 Å². The molecule has 1 aliphatic rings. The Bertz CT molecular complexity index is 1280. The summed E-state index contributed by atoms with van der Waals surface area (Å²) in [6.07, 6.45) is 4.45. The minimum atomic E-state index is -0.854. The number of anilines is 4. The van der Waals surface area contributed by atoms with Crippen molar-refractivity contribution in [3.63, 3.8) is 0 Å². The van der Waals surface area contributed by atoms with E-state index in [0.717, 1.165) is 25.7 Å². The summed E-state index contributed by atoms with van der Waals surface area (Å²) in [6, 6.07) is 5.40. The van der Waals surface area contributed by atoms with Crippen molar-refractivity contribution in [1.29, 1.82) is 0 Å². The Hall–Kier alpha value is -4.62. The highest BCUT2D eigenvalue weighted by atomic mass is 16.2. The monoisotopic (exact) mass is 583 g/mol. The van der Waals surface area contributed by atoms with Crippen molar-refractivity contribution in [2.24, 2.45) is 0 Å². The fraction of sp³-hybridized carbons (Fsp3) is 0.500. The molecule has 0 spiro atoms. The van der Waals surface area contributed by atoms with Gasteiger partial charge in [-0.05, 0) is 43.5 Å². The fourth-order valence-corrected chi connectivity index (χ4v) is 4.42. The second-order valence-electron chi connectivity index (χ2n) is 10.1. The van der Waals surface area contributed by atoms with Crippen LogP contribution in [0.15, 0.2) is 29.1 Å². The summed E-state index contributed by atoms with van der Waals surface area (Å²) in [5.74, 6) is -0.724. The van der Waals surface area contributed by atoms with Gasteiger partial charge in [-0.2, -0.15) is 4.98 Å². The van der Waals surface area contributed by atoms with Crippen molar-refractivity contribution in [3.8, 4) is 0 Å². The number of hydrogen-bond donors (Lipinski definition) is 7. The molecule has 0 fully saturated rings. The van der Waals surface area contributed by atoms with Gasteiger partial charge in [0.15, 0.2) is 11.5 Å². The predicted molar refractivity (Wildman–Crippen MR) is 161 cm³/mol. The lowest BCUT2D eigenvalue weighted by atomic mass is 10.1. The SMILES string of the molecule is CCCCNC(=O)CC[C@H](NC(=O)c1ccc(NCC2CNc3nc(N)[nH]c(=O)c3N2C=O)cc1)C(=O)NCCCC. The molecule has 0 radical (unpaired) electrons. The van der Waals surface area contributed by atoms with Crippen molar-refractivity contribution in [1.82, 2.24) is 25.9 Å². The molecule has 0 saturated carbocycles. The molecule has 1 aromatic heterocycles. The number of carbonyl (C=O) groups is 4. The Balaban J connectivity index is 1.59. The quantitative estimate of drug-likeness (QED) is 0.111. The summed E-state index contributed by atoms with van der Waals surface area (Å²) >= 11 is 0. The topological polar surface area (TPSA) is 203 Å². The Morgan fingerprint density at radius 1 is 1.12 bits per heavy atom. The third-order valence-electron chi connectivity index (χ3n) is 6.84. The highest BCUT2D eigenvalue weighted by Gasteiger charge is 2.30. The summed E-state index contributed by atoms with van der Waals surface area (Å²) in [5, 5.41) is 14.7. The van der Waals surface area contributed by atoms with E-state index < -0.39 is 23.6 Å². The van der Waals surface area contributed by atoms with E-state index in [4.69, 9.17) is 5.73 Å². The normalized spacial score (nSPS) is 14.6. The molecule has 1 aliphatic heterocycles. The summed E-state index contributed by atoms with van der Waals surface area (Å²) < 4.78 is 0. The van der Waals surface area contributed by atoms with Gasteiger partial charge in [-0.25, -0.2) is 0 Å². The second-order valence-corrected chi connectivity index (χ2v) is 10.1. The van der Waals surface area contributed by atoms with Crippen molar-refractivity contribution in [2.75, 3.05) is 47.4 Å². The van der Waals surface area contributed by atoms with Crippen LogP contribution >= 0.6 is 0 Å². The molecule has 4 amide bonds. The van der Waals surface area contributed by atoms with Crippen LogP contribution in [-0.2, 0) is 14.4 Å². The molecule has 2 aromatic rings.